The number of hydrogen-bond donors (Lipinski definition) is 2. The van der Waals surface area contributed by atoms with Crippen LogP contribution in [0.4, 0.5) is 13.2 Å². The summed E-state index contributed by atoms with van der Waals surface area (Å²) in [6.07, 6.45) is -3.35. The molecule has 2 N–H and O–H groups in total. The maximum atomic E-state index is 12.1. The number of likely N-dealkylation sites (tertiary alicyclic amines) is 1. The zero-order valence-electron chi connectivity index (χ0n) is 10.3. The highest BCUT2D eigenvalue weighted by Gasteiger charge is 2.32. The van der Waals surface area contributed by atoms with Crippen molar-refractivity contribution in [2.45, 2.75) is 38.1 Å². The first-order valence-electron chi connectivity index (χ1n) is 5.98. The molecule has 0 amide bonds. The first-order valence-corrected chi connectivity index (χ1v) is 5.98. The fourth-order valence-electron chi connectivity index (χ4n) is 2.39. The lowest BCUT2D eigenvalue weighted by Gasteiger charge is -2.38. The lowest BCUT2D eigenvalue weighted by atomic mass is 9.88. The predicted octanol–water partition coefficient (Wildman–Crippen LogP) is 1.23. The first-order chi connectivity index (χ1) is 7.81. The molecule has 17 heavy (non-hydrogen) atoms. The van der Waals surface area contributed by atoms with E-state index < -0.39 is 18.8 Å². The van der Waals surface area contributed by atoms with Crippen molar-refractivity contribution >= 4 is 0 Å². The highest BCUT2D eigenvalue weighted by Crippen LogP contribution is 2.22. The molecule has 3 nitrogen and oxygen atoms in total. The molecule has 1 heterocycles. The molecule has 0 aromatic carbocycles. The molecule has 102 valence electrons. The molecule has 1 saturated heterocycles. The van der Waals surface area contributed by atoms with E-state index in [1.54, 1.807) is 0 Å². The van der Waals surface area contributed by atoms with E-state index in [4.69, 9.17) is 0 Å². The molecular formula is C11H21F3N2O. The molecule has 3 unspecified atom stereocenters. The molecule has 0 aromatic heterocycles. The Balaban J connectivity index is 2.45. The Morgan fingerprint density at radius 2 is 2.06 bits per heavy atom. The second-order valence-corrected chi connectivity index (χ2v) is 4.89. The fraction of sp³-hybridized carbons (Fsp3) is 1.00. The SMILES string of the molecule is CCC(O)C1CC(NCC(F)(F)F)CN(C)C1. The van der Waals surface area contributed by atoms with Crippen LogP contribution in [0.2, 0.25) is 0 Å². The average Bonchev–Trinajstić information content (AvgIpc) is 2.23. The Kier molecular flexibility index (Phi) is 5.22. The molecule has 0 radical (unpaired) electrons. The molecule has 1 aliphatic heterocycles. The molecule has 0 aliphatic carbocycles. The van der Waals surface area contributed by atoms with Gasteiger partial charge in [0.2, 0.25) is 0 Å². The van der Waals surface area contributed by atoms with Crippen LogP contribution in [0.15, 0.2) is 0 Å². The minimum atomic E-state index is -4.17. The van der Waals surface area contributed by atoms with Crippen molar-refractivity contribution in [1.29, 1.82) is 0 Å². The van der Waals surface area contributed by atoms with E-state index in [-0.39, 0.29) is 12.0 Å². The van der Waals surface area contributed by atoms with Gasteiger partial charge in [0.15, 0.2) is 0 Å². The van der Waals surface area contributed by atoms with Gasteiger partial charge in [-0.1, -0.05) is 6.92 Å². The number of likely N-dealkylation sites (N-methyl/N-ethyl adjacent to an activating group) is 1. The smallest absolute Gasteiger partial charge is 0.393 e. The summed E-state index contributed by atoms with van der Waals surface area (Å²) < 4.78 is 36.3. The monoisotopic (exact) mass is 254 g/mol. The van der Waals surface area contributed by atoms with Crippen LogP contribution in [0.1, 0.15) is 19.8 Å². The zero-order chi connectivity index (χ0) is 13.1. The molecule has 1 aliphatic rings. The number of nitrogens with one attached hydrogen (secondary N) is 1. The summed E-state index contributed by atoms with van der Waals surface area (Å²) >= 11 is 0. The maximum Gasteiger partial charge on any atom is 0.401 e. The van der Waals surface area contributed by atoms with Crippen LogP contribution in [0.3, 0.4) is 0 Å². The molecule has 1 fully saturated rings. The third-order valence-corrected chi connectivity index (χ3v) is 3.22. The lowest BCUT2D eigenvalue weighted by Crippen LogP contribution is -2.51. The van der Waals surface area contributed by atoms with E-state index in [1.807, 2.05) is 18.9 Å². The van der Waals surface area contributed by atoms with Gasteiger partial charge in [-0.05, 0) is 25.8 Å². The Morgan fingerprint density at radius 3 is 2.59 bits per heavy atom. The van der Waals surface area contributed by atoms with Crippen molar-refractivity contribution < 1.29 is 18.3 Å². The molecule has 6 heteroatoms. The Hall–Kier alpha value is -0.330. The number of hydrogen-bond acceptors (Lipinski definition) is 3. The number of piperidine rings is 1. The van der Waals surface area contributed by atoms with Gasteiger partial charge >= 0.3 is 6.18 Å². The molecular weight excluding hydrogens is 233 g/mol. The van der Waals surface area contributed by atoms with E-state index in [0.717, 1.165) is 6.54 Å². The Labute approximate surface area is 100.0 Å². The normalized spacial score (nSPS) is 29.3. The van der Waals surface area contributed by atoms with E-state index >= 15 is 0 Å². The maximum absolute atomic E-state index is 12.1. The van der Waals surface area contributed by atoms with Gasteiger partial charge in [-0.25, -0.2) is 0 Å². The second kappa shape index (κ2) is 6.02. The fourth-order valence-corrected chi connectivity index (χ4v) is 2.39. The summed E-state index contributed by atoms with van der Waals surface area (Å²) in [7, 11) is 1.87. The number of alkyl halides is 3. The molecule has 3 atom stereocenters. The van der Waals surface area contributed by atoms with Gasteiger partial charge in [0.25, 0.3) is 0 Å². The van der Waals surface area contributed by atoms with Crippen LogP contribution in [-0.2, 0) is 0 Å². The number of aliphatic hydroxyl groups excluding tert-OH is 1. The van der Waals surface area contributed by atoms with Crippen molar-refractivity contribution in [3.63, 3.8) is 0 Å². The Morgan fingerprint density at radius 1 is 1.41 bits per heavy atom. The molecule has 0 spiro atoms. The summed E-state index contributed by atoms with van der Waals surface area (Å²) in [6, 6.07) is -0.193. The lowest BCUT2D eigenvalue weighted by molar-refractivity contribution is -0.127. The zero-order valence-corrected chi connectivity index (χ0v) is 10.3. The molecule has 1 rings (SSSR count). The van der Waals surface area contributed by atoms with Crippen LogP contribution in [0.25, 0.3) is 0 Å². The molecule has 0 aromatic rings. The van der Waals surface area contributed by atoms with E-state index in [2.05, 4.69) is 5.32 Å². The van der Waals surface area contributed by atoms with Gasteiger partial charge in [0, 0.05) is 19.1 Å². The van der Waals surface area contributed by atoms with Crippen molar-refractivity contribution in [2.24, 2.45) is 5.92 Å². The number of aliphatic hydroxyl groups is 1. The molecule has 0 saturated carbocycles. The van der Waals surface area contributed by atoms with Crippen LogP contribution in [0.5, 0.6) is 0 Å². The summed E-state index contributed by atoms with van der Waals surface area (Å²) in [6.45, 7) is 2.28. The largest absolute Gasteiger partial charge is 0.401 e. The topological polar surface area (TPSA) is 35.5 Å². The van der Waals surface area contributed by atoms with Gasteiger partial charge in [-0.2, -0.15) is 13.2 Å². The molecule has 0 bridgehead atoms. The van der Waals surface area contributed by atoms with Gasteiger partial charge < -0.3 is 15.3 Å². The standard InChI is InChI=1S/C11H21F3N2O/c1-3-10(17)8-4-9(6-16(2)5-8)15-7-11(12,13)14/h8-10,15,17H,3-7H2,1-2H3. The van der Waals surface area contributed by atoms with Crippen LogP contribution < -0.4 is 5.32 Å². The average molecular weight is 254 g/mol. The number of nitrogens with zero attached hydrogens (tertiary/aromatic N) is 1. The van der Waals surface area contributed by atoms with Crippen LogP contribution >= 0.6 is 0 Å². The Bertz CT molecular complexity index is 235. The van der Waals surface area contributed by atoms with Crippen molar-refractivity contribution in [1.82, 2.24) is 10.2 Å². The van der Waals surface area contributed by atoms with Gasteiger partial charge in [-0.15, -0.1) is 0 Å². The highest BCUT2D eigenvalue weighted by atomic mass is 19.4. The summed E-state index contributed by atoms with van der Waals surface area (Å²) in [5.41, 5.74) is 0. The van der Waals surface area contributed by atoms with Crippen molar-refractivity contribution in [3.05, 3.63) is 0 Å². The third kappa shape index (κ3) is 5.23. The van der Waals surface area contributed by atoms with Gasteiger partial charge in [0.05, 0.1) is 12.6 Å². The predicted molar refractivity (Wildman–Crippen MR) is 59.7 cm³/mol. The minimum absolute atomic E-state index is 0.0597. The first kappa shape index (κ1) is 14.7. The minimum Gasteiger partial charge on any atom is -0.393 e. The van der Waals surface area contributed by atoms with Crippen LogP contribution in [-0.4, -0.2) is 55.0 Å². The third-order valence-electron chi connectivity index (χ3n) is 3.22. The van der Waals surface area contributed by atoms with E-state index in [1.165, 1.54) is 0 Å². The van der Waals surface area contributed by atoms with Crippen LogP contribution in [0, 0.1) is 5.92 Å². The highest BCUT2D eigenvalue weighted by molar-refractivity contribution is 4.85. The summed E-state index contributed by atoms with van der Waals surface area (Å²) in [4.78, 5) is 1.97. The van der Waals surface area contributed by atoms with E-state index in [0.29, 0.717) is 19.4 Å². The van der Waals surface area contributed by atoms with Gasteiger partial charge in [0.1, 0.15) is 0 Å². The van der Waals surface area contributed by atoms with Crippen molar-refractivity contribution in [3.8, 4) is 0 Å². The second-order valence-electron chi connectivity index (χ2n) is 4.89. The quantitative estimate of drug-likeness (QED) is 0.792. The van der Waals surface area contributed by atoms with E-state index in [9.17, 15) is 18.3 Å². The number of halogens is 3. The van der Waals surface area contributed by atoms with Crippen molar-refractivity contribution in [2.75, 3.05) is 26.7 Å². The van der Waals surface area contributed by atoms with Gasteiger partial charge in [-0.3, -0.25) is 0 Å². The summed E-state index contributed by atoms with van der Waals surface area (Å²) in [5, 5.41) is 12.3. The summed E-state index contributed by atoms with van der Waals surface area (Å²) in [5.74, 6) is 0.0597. The number of rotatable bonds is 4.